The van der Waals surface area contributed by atoms with Crippen LogP contribution in [0.3, 0.4) is 0 Å². The quantitative estimate of drug-likeness (QED) is 0.897. The highest BCUT2D eigenvalue weighted by Crippen LogP contribution is 2.35. The summed E-state index contributed by atoms with van der Waals surface area (Å²) in [7, 11) is 0. The minimum atomic E-state index is 0.778. The maximum atomic E-state index is 3.57. The third-order valence-corrected chi connectivity index (χ3v) is 5.11. The molecule has 2 heterocycles. The lowest BCUT2D eigenvalue weighted by Crippen LogP contribution is -2.34. The molecule has 2 saturated heterocycles. The predicted octanol–water partition coefficient (Wildman–Crippen LogP) is 2.73. The van der Waals surface area contributed by atoms with Crippen LogP contribution in [0.25, 0.3) is 0 Å². The summed E-state index contributed by atoms with van der Waals surface area (Å²) in [4.78, 5) is 2.73. The Morgan fingerprint density at radius 1 is 1.26 bits per heavy atom. The van der Waals surface area contributed by atoms with Crippen LogP contribution in [0.15, 0.2) is 18.2 Å². The molecular weight excluding hydrogens is 232 g/mol. The molecule has 0 radical (unpaired) electrons. The summed E-state index contributed by atoms with van der Waals surface area (Å²) in [6.45, 7) is 11.7. The molecule has 104 valence electrons. The lowest BCUT2D eigenvalue weighted by atomic mass is 9.93. The monoisotopic (exact) mass is 258 g/mol. The first kappa shape index (κ1) is 13.1. The van der Waals surface area contributed by atoms with Gasteiger partial charge in [-0.05, 0) is 56.3 Å². The van der Waals surface area contributed by atoms with Crippen LogP contribution in [0.5, 0.6) is 0 Å². The largest absolute Gasteiger partial charge is 0.316 e. The van der Waals surface area contributed by atoms with E-state index in [9.17, 15) is 0 Å². The van der Waals surface area contributed by atoms with Gasteiger partial charge in [-0.2, -0.15) is 0 Å². The van der Waals surface area contributed by atoms with Crippen LogP contribution in [0.1, 0.15) is 30.0 Å². The number of fused-ring (bicyclic) bond motifs is 1. The van der Waals surface area contributed by atoms with Crippen molar-refractivity contribution in [3.05, 3.63) is 34.9 Å². The van der Waals surface area contributed by atoms with E-state index >= 15 is 0 Å². The number of aryl methyl sites for hydroxylation is 2. The fourth-order valence-electron chi connectivity index (χ4n) is 4.10. The lowest BCUT2D eigenvalue weighted by Gasteiger charge is -2.27. The van der Waals surface area contributed by atoms with E-state index in [4.69, 9.17) is 0 Å². The minimum Gasteiger partial charge on any atom is -0.316 e. The number of rotatable bonds is 3. The van der Waals surface area contributed by atoms with Gasteiger partial charge in [0.1, 0.15) is 0 Å². The molecule has 2 aliphatic heterocycles. The molecule has 3 rings (SSSR count). The Balaban J connectivity index is 1.76. The minimum absolute atomic E-state index is 0.778. The Bertz CT molecular complexity index is 455. The first-order valence-electron chi connectivity index (χ1n) is 7.70. The van der Waals surface area contributed by atoms with E-state index in [0.29, 0.717) is 0 Å². The summed E-state index contributed by atoms with van der Waals surface area (Å²) < 4.78 is 0. The van der Waals surface area contributed by atoms with E-state index in [-0.39, 0.29) is 0 Å². The van der Waals surface area contributed by atoms with Gasteiger partial charge in [-0.3, -0.25) is 4.90 Å². The van der Waals surface area contributed by atoms with E-state index in [2.05, 4.69) is 49.2 Å². The molecule has 3 unspecified atom stereocenters. The molecule has 2 aliphatic rings. The molecule has 1 aromatic carbocycles. The summed E-state index contributed by atoms with van der Waals surface area (Å²) in [5, 5.41) is 3.57. The highest BCUT2D eigenvalue weighted by molar-refractivity contribution is 5.30. The van der Waals surface area contributed by atoms with Gasteiger partial charge in [0.25, 0.3) is 0 Å². The number of hydrogen-bond acceptors (Lipinski definition) is 2. The summed E-state index contributed by atoms with van der Waals surface area (Å²) in [6, 6.07) is 7.67. The van der Waals surface area contributed by atoms with Crippen molar-refractivity contribution in [3.63, 3.8) is 0 Å². The highest BCUT2D eigenvalue weighted by atomic mass is 15.2. The molecule has 0 aliphatic carbocycles. The van der Waals surface area contributed by atoms with Crippen molar-refractivity contribution in [2.45, 2.75) is 39.8 Å². The molecule has 2 fully saturated rings. The van der Waals surface area contributed by atoms with Gasteiger partial charge in [-0.15, -0.1) is 0 Å². The van der Waals surface area contributed by atoms with E-state index in [1.54, 1.807) is 0 Å². The van der Waals surface area contributed by atoms with Crippen LogP contribution >= 0.6 is 0 Å². The van der Waals surface area contributed by atoms with Gasteiger partial charge in [-0.1, -0.05) is 30.7 Å². The van der Waals surface area contributed by atoms with Gasteiger partial charge < -0.3 is 5.32 Å². The number of nitrogens with one attached hydrogen (secondary N) is 1. The Kier molecular flexibility index (Phi) is 3.64. The third-order valence-electron chi connectivity index (χ3n) is 5.11. The van der Waals surface area contributed by atoms with Crippen molar-refractivity contribution in [3.8, 4) is 0 Å². The maximum Gasteiger partial charge on any atom is 0.0239 e. The van der Waals surface area contributed by atoms with E-state index in [0.717, 1.165) is 24.4 Å². The van der Waals surface area contributed by atoms with Crippen molar-refractivity contribution in [1.82, 2.24) is 10.2 Å². The maximum absolute atomic E-state index is 3.57. The second-order valence-electron chi connectivity index (χ2n) is 6.42. The average molecular weight is 258 g/mol. The van der Waals surface area contributed by atoms with Crippen LogP contribution in [-0.4, -0.2) is 30.6 Å². The lowest BCUT2D eigenvalue weighted by molar-refractivity contribution is 0.210. The highest BCUT2D eigenvalue weighted by Gasteiger charge is 2.42. The molecule has 0 saturated carbocycles. The molecule has 3 atom stereocenters. The van der Waals surface area contributed by atoms with Crippen molar-refractivity contribution in [2.75, 3.05) is 19.6 Å². The number of nitrogens with zero attached hydrogens (tertiary/aromatic N) is 1. The fraction of sp³-hybridized carbons (Fsp3) is 0.647. The smallest absolute Gasteiger partial charge is 0.0239 e. The Morgan fingerprint density at radius 2 is 2.11 bits per heavy atom. The zero-order chi connectivity index (χ0) is 13.4. The van der Waals surface area contributed by atoms with Crippen molar-refractivity contribution in [2.24, 2.45) is 11.8 Å². The molecule has 0 bridgehead atoms. The molecule has 0 amide bonds. The van der Waals surface area contributed by atoms with E-state index < -0.39 is 0 Å². The van der Waals surface area contributed by atoms with Gasteiger partial charge in [-0.25, -0.2) is 0 Å². The van der Waals surface area contributed by atoms with Crippen LogP contribution in [0, 0.1) is 25.7 Å². The number of likely N-dealkylation sites (tertiary alicyclic amines) is 1. The van der Waals surface area contributed by atoms with Crippen molar-refractivity contribution in [1.29, 1.82) is 0 Å². The number of benzene rings is 1. The molecule has 19 heavy (non-hydrogen) atoms. The second-order valence-corrected chi connectivity index (χ2v) is 6.42. The summed E-state index contributed by atoms with van der Waals surface area (Å²) in [6.07, 6.45) is 1.29. The summed E-state index contributed by atoms with van der Waals surface area (Å²) >= 11 is 0. The molecular formula is C17H26N2. The van der Waals surface area contributed by atoms with Crippen molar-refractivity contribution < 1.29 is 0 Å². The van der Waals surface area contributed by atoms with E-state index in [1.165, 1.54) is 42.7 Å². The van der Waals surface area contributed by atoms with Gasteiger partial charge in [0.15, 0.2) is 0 Å². The first-order valence-corrected chi connectivity index (χ1v) is 7.70. The van der Waals surface area contributed by atoms with E-state index in [1.807, 2.05) is 0 Å². The average Bonchev–Trinajstić information content (AvgIpc) is 2.92. The van der Waals surface area contributed by atoms with Gasteiger partial charge >= 0.3 is 0 Å². The molecule has 0 aromatic heterocycles. The molecule has 2 nitrogen and oxygen atoms in total. The van der Waals surface area contributed by atoms with Crippen LogP contribution in [0.4, 0.5) is 0 Å². The number of hydrogen-bond donors (Lipinski definition) is 1. The Labute approximate surface area is 117 Å². The second kappa shape index (κ2) is 5.26. The van der Waals surface area contributed by atoms with Crippen LogP contribution in [-0.2, 0) is 6.54 Å². The molecule has 0 spiro atoms. The zero-order valence-electron chi connectivity index (χ0n) is 12.4. The van der Waals surface area contributed by atoms with Gasteiger partial charge in [0, 0.05) is 19.1 Å². The van der Waals surface area contributed by atoms with Crippen LogP contribution in [0.2, 0.25) is 0 Å². The molecule has 1 N–H and O–H groups in total. The zero-order valence-corrected chi connectivity index (χ0v) is 12.4. The predicted molar refractivity (Wildman–Crippen MR) is 80.3 cm³/mol. The normalized spacial score (nSPS) is 30.8. The summed E-state index contributed by atoms with van der Waals surface area (Å²) in [5.41, 5.74) is 4.33. The molecule has 1 aromatic rings. The Hall–Kier alpha value is -0.860. The van der Waals surface area contributed by atoms with Gasteiger partial charge in [0.2, 0.25) is 0 Å². The van der Waals surface area contributed by atoms with Gasteiger partial charge in [0.05, 0.1) is 0 Å². The standard InChI is InChI=1S/C17H26N2/c1-4-17-16-9-18-8-15(16)11-19(17)10-14-6-5-12(2)7-13(14)3/h5-7,15-18H,4,8-11H2,1-3H3. The topological polar surface area (TPSA) is 15.3 Å². The SMILES string of the molecule is CCC1C2CNCC2CN1Cc1ccc(C)cc1C. The first-order chi connectivity index (χ1) is 9.19. The molecule has 2 heteroatoms. The van der Waals surface area contributed by atoms with Crippen LogP contribution < -0.4 is 5.32 Å². The van der Waals surface area contributed by atoms with Crippen molar-refractivity contribution >= 4 is 0 Å². The Morgan fingerprint density at radius 3 is 2.84 bits per heavy atom. The summed E-state index contributed by atoms with van der Waals surface area (Å²) in [5.74, 6) is 1.77. The fourth-order valence-corrected chi connectivity index (χ4v) is 4.10. The third kappa shape index (κ3) is 2.44.